The molecule has 0 N–H and O–H groups in total. The zero-order valence-electron chi connectivity index (χ0n) is 15.0. The largest absolute Gasteiger partial charge is 0.497 e. The molecule has 0 aliphatic carbocycles. The predicted octanol–water partition coefficient (Wildman–Crippen LogP) is 5.86. The lowest BCUT2D eigenvalue weighted by Gasteiger charge is -2.12. The molecule has 0 bridgehead atoms. The number of ether oxygens (including phenoxy) is 1. The smallest absolute Gasteiger partial charge is 0.151 e. The monoisotopic (exact) mass is 380 g/mol. The van der Waals surface area contributed by atoms with Crippen molar-refractivity contribution in [3.63, 3.8) is 0 Å². The minimum atomic E-state index is -0.335. The third kappa shape index (κ3) is 3.17. The Morgan fingerprint density at radius 3 is 2.63 bits per heavy atom. The van der Waals surface area contributed by atoms with Crippen LogP contribution in [-0.4, -0.2) is 16.9 Å². The number of aryl methyl sites for hydroxylation is 1. The Balaban J connectivity index is 1.95. The van der Waals surface area contributed by atoms with Crippen molar-refractivity contribution in [1.29, 1.82) is 0 Å². The van der Waals surface area contributed by atoms with E-state index in [1.807, 2.05) is 60.1 Å². The molecule has 1 aromatic heterocycles. The van der Waals surface area contributed by atoms with E-state index in [0.29, 0.717) is 17.1 Å². The quantitative estimate of drug-likeness (QED) is 0.443. The lowest BCUT2D eigenvalue weighted by molar-refractivity contribution is 0.414. The fourth-order valence-electron chi connectivity index (χ4n) is 3.33. The van der Waals surface area contributed by atoms with E-state index in [1.54, 1.807) is 13.2 Å². The van der Waals surface area contributed by atoms with E-state index in [1.165, 1.54) is 6.07 Å². The van der Waals surface area contributed by atoms with Crippen molar-refractivity contribution >= 4 is 22.5 Å². The van der Waals surface area contributed by atoms with Gasteiger partial charge >= 0.3 is 0 Å². The van der Waals surface area contributed by atoms with Crippen molar-refractivity contribution in [2.24, 2.45) is 0 Å². The lowest BCUT2D eigenvalue weighted by Crippen LogP contribution is -2.05. The van der Waals surface area contributed by atoms with E-state index in [-0.39, 0.29) is 5.82 Å². The summed E-state index contributed by atoms with van der Waals surface area (Å²) in [5, 5.41) is 6.00. The van der Waals surface area contributed by atoms with Crippen molar-refractivity contribution < 1.29 is 9.13 Å². The van der Waals surface area contributed by atoms with Gasteiger partial charge in [-0.3, -0.25) is 4.68 Å². The molecule has 4 rings (SSSR count). The number of methoxy groups -OCH3 is 1. The van der Waals surface area contributed by atoms with Crippen LogP contribution in [0.4, 0.5) is 4.39 Å². The molecule has 0 aliphatic heterocycles. The Morgan fingerprint density at radius 2 is 1.89 bits per heavy atom. The SMILES string of the molecule is COc1ccc(-c2c3cccc(F)c3nn2Cc2ccccc2Cl)c(C)c1. The Bertz CT molecular complexity index is 1140. The maximum Gasteiger partial charge on any atom is 0.151 e. The van der Waals surface area contributed by atoms with Crippen LogP contribution in [-0.2, 0) is 6.54 Å². The number of rotatable bonds is 4. The summed E-state index contributed by atoms with van der Waals surface area (Å²) in [5.74, 6) is 0.446. The molecule has 136 valence electrons. The van der Waals surface area contributed by atoms with Gasteiger partial charge in [-0.05, 0) is 48.4 Å². The first kappa shape index (κ1) is 17.6. The van der Waals surface area contributed by atoms with Gasteiger partial charge in [0.1, 0.15) is 11.3 Å². The number of benzene rings is 3. The van der Waals surface area contributed by atoms with Gasteiger partial charge in [-0.25, -0.2) is 4.39 Å². The van der Waals surface area contributed by atoms with Crippen molar-refractivity contribution in [1.82, 2.24) is 9.78 Å². The van der Waals surface area contributed by atoms with Gasteiger partial charge in [0.25, 0.3) is 0 Å². The summed E-state index contributed by atoms with van der Waals surface area (Å²) in [5.41, 5.74) is 4.16. The summed E-state index contributed by atoms with van der Waals surface area (Å²) in [6.45, 7) is 2.46. The Morgan fingerprint density at radius 1 is 1.07 bits per heavy atom. The van der Waals surface area contributed by atoms with Crippen LogP contribution >= 0.6 is 11.6 Å². The second-order valence-electron chi connectivity index (χ2n) is 6.41. The Kier molecular flexibility index (Phi) is 4.58. The van der Waals surface area contributed by atoms with Gasteiger partial charge in [0, 0.05) is 16.0 Å². The second-order valence-corrected chi connectivity index (χ2v) is 6.82. The molecule has 4 aromatic rings. The van der Waals surface area contributed by atoms with E-state index in [9.17, 15) is 4.39 Å². The molecule has 0 saturated carbocycles. The van der Waals surface area contributed by atoms with E-state index < -0.39 is 0 Å². The van der Waals surface area contributed by atoms with Crippen LogP contribution in [0.1, 0.15) is 11.1 Å². The van der Waals surface area contributed by atoms with Gasteiger partial charge in [0.05, 0.1) is 19.3 Å². The van der Waals surface area contributed by atoms with Crippen LogP contribution in [0, 0.1) is 12.7 Å². The molecule has 27 heavy (non-hydrogen) atoms. The maximum atomic E-state index is 14.4. The summed E-state index contributed by atoms with van der Waals surface area (Å²) in [6, 6.07) is 18.5. The molecule has 0 radical (unpaired) electrons. The first-order valence-corrected chi connectivity index (χ1v) is 8.99. The highest BCUT2D eigenvalue weighted by Gasteiger charge is 2.18. The van der Waals surface area contributed by atoms with E-state index in [0.717, 1.165) is 33.5 Å². The van der Waals surface area contributed by atoms with Gasteiger partial charge in [0.2, 0.25) is 0 Å². The third-order valence-corrected chi connectivity index (χ3v) is 5.06. The molecule has 0 aliphatic rings. The molecule has 3 aromatic carbocycles. The summed E-state index contributed by atoms with van der Waals surface area (Å²) in [4.78, 5) is 0. The normalized spacial score (nSPS) is 11.1. The summed E-state index contributed by atoms with van der Waals surface area (Å²) < 4.78 is 21.5. The second kappa shape index (κ2) is 7.05. The first-order valence-electron chi connectivity index (χ1n) is 8.62. The molecule has 5 heteroatoms. The van der Waals surface area contributed by atoms with Crippen molar-refractivity contribution in [2.45, 2.75) is 13.5 Å². The third-order valence-electron chi connectivity index (χ3n) is 4.69. The average molecular weight is 381 g/mol. The zero-order chi connectivity index (χ0) is 19.0. The molecule has 0 spiro atoms. The van der Waals surface area contributed by atoms with Gasteiger partial charge in [-0.1, -0.05) is 41.9 Å². The molecule has 0 fully saturated rings. The molecule has 1 heterocycles. The highest BCUT2D eigenvalue weighted by Crippen LogP contribution is 2.34. The van der Waals surface area contributed by atoms with Crippen molar-refractivity contribution in [3.05, 3.63) is 82.6 Å². The highest BCUT2D eigenvalue weighted by atomic mass is 35.5. The number of halogens is 2. The van der Waals surface area contributed by atoms with Crippen LogP contribution in [0.15, 0.2) is 60.7 Å². The number of fused-ring (bicyclic) bond motifs is 1. The van der Waals surface area contributed by atoms with E-state index in [2.05, 4.69) is 5.10 Å². The van der Waals surface area contributed by atoms with E-state index >= 15 is 0 Å². The fourth-order valence-corrected chi connectivity index (χ4v) is 3.53. The summed E-state index contributed by atoms with van der Waals surface area (Å²) in [7, 11) is 1.64. The summed E-state index contributed by atoms with van der Waals surface area (Å²) in [6.07, 6.45) is 0. The molecule has 0 amide bonds. The summed E-state index contributed by atoms with van der Waals surface area (Å²) >= 11 is 6.34. The standard InChI is InChI=1S/C22H18ClFN2O/c1-14-12-16(27-2)10-11-17(14)22-18-7-5-9-20(24)21(18)25-26(22)13-15-6-3-4-8-19(15)23/h3-12H,13H2,1-2H3. The lowest BCUT2D eigenvalue weighted by atomic mass is 10.0. The molecule has 0 unspecified atom stereocenters. The van der Waals surface area contributed by atoms with Gasteiger partial charge in [-0.15, -0.1) is 0 Å². The zero-order valence-corrected chi connectivity index (χ0v) is 15.8. The van der Waals surface area contributed by atoms with Gasteiger partial charge < -0.3 is 4.74 Å². The molecular weight excluding hydrogens is 363 g/mol. The van der Waals surface area contributed by atoms with Crippen LogP contribution < -0.4 is 4.74 Å². The molecule has 3 nitrogen and oxygen atoms in total. The predicted molar refractivity (Wildman–Crippen MR) is 107 cm³/mol. The van der Waals surface area contributed by atoms with Crippen LogP contribution in [0.5, 0.6) is 5.75 Å². The molecular formula is C22H18ClFN2O. The molecule has 0 atom stereocenters. The van der Waals surface area contributed by atoms with E-state index in [4.69, 9.17) is 16.3 Å². The minimum Gasteiger partial charge on any atom is -0.497 e. The number of hydrogen-bond acceptors (Lipinski definition) is 2. The molecule has 0 saturated heterocycles. The number of aromatic nitrogens is 2. The van der Waals surface area contributed by atoms with Gasteiger partial charge in [-0.2, -0.15) is 5.10 Å². The minimum absolute atomic E-state index is 0.335. The Hall–Kier alpha value is -2.85. The van der Waals surface area contributed by atoms with Crippen LogP contribution in [0.3, 0.4) is 0 Å². The average Bonchev–Trinajstić information content (AvgIpc) is 3.03. The fraction of sp³-hybridized carbons (Fsp3) is 0.136. The maximum absolute atomic E-state index is 14.4. The number of hydrogen-bond donors (Lipinski definition) is 0. The van der Waals surface area contributed by atoms with Crippen LogP contribution in [0.2, 0.25) is 5.02 Å². The van der Waals surface area contributed by atoms with Crippen molar-refractivity contribution in [2.75, 3.05) is 7.11 Å². The van der Waals surface area contributed by atoms with Crippen molar-refractivity contribution in [3.8, 4) is 17.0 Å². The Labute approximate surface area is 162 Å². The highest BCUT2D eigenvalue weighted by molar-refractivity contribution is 6.31. The topological polar surface area (TPSA) is 27.1 Å². The first-order chi connectivity index (χ1) is 13.1. The van der Waals surface area contributed by atoms with Crippen LogP contribution in [0.25, 0.3) is 22.2 Å². The van der Waals surface area contributed by atoms with Gasteiger partial charge in [0.15, 0.2) is 5.82 Å². The number of nitrogens with zero attached hydrogens (tertiary/aromatic N) is 2.